The van der Waals surface area contributed by atoms with Crippen molar-refractivity contribution in [1.82, 2.24) is 0 Å². The summed E-state index contributed by atoms with van der Waals surface area (Å²) in [5, 5.41) is 9.89. The maximum absolute atomic E-state index is 10.8. The minimum Gasteiger partial charge on any atom is -0.544 e. The number of carbonyl (C=O) groups excluding carboxylic acids is 2. The molecule has 0 heterocycles. The summed E-state index contributed by atoms with van der Waals surface area (Å²) in [6.45, 7) is 6.88. The average Bonchev–Trinajstić information content (AvgIpc) is 2.09. The second kappa shape index (κ2) is 7.84. The van der Waals surface area contributed by atoms with E-state index in [4.69, 9.17) is 5.73 Å². The summed E-state index contributed by atoms with van der Waals surface area (Å²) in [5.41, 5.74) is 4.51. The number of nitrogens with zero attached hydrogens (tertiary/aromatic N) is 1. The molecule has 0 aromatic carbocycles. The van der Waals surface area contributed by atoms with E-state index < -0.39 is 17.5 Å². The van der Waals surface area contributed by atoms with Crippen LogP contribution in [0.2, 0.25) is 0 Å². The van der Waals surface area contributed by atoms with Gasteiger partial charge in [-0.3, -0.25) is 4.79 Å². The van der Waals surface area contributed by atoms with E-state index in [-0.39, 0.29) is 13.2 Å². The molecule has 0 radical (unpaired) electrons. The van der Waals surface area contributed by atoms with Crippen molar-refractivity contribution in [2.24, 2.45) is 5.73 Å². The number of carboxylic acids is 1. The van der Waals surface area contributed by atoms with Gasteiger partial charge in [-0.25, -0.2) is 0 Å². The highest BCUT2D eigenvalue weighted by Gasteiger charge is 2.22. The molecule has 6 nitrogen and oxygen atoms in total. The molecule has 0 saturated heterocycles. The van der Waals surface area contributed by atoms with Gasteiger partial charge in [0, 0.05) is 0 Å². The maximum Gasteiger partial charge on any atom is 0.325 e. The summed E-state index contributed by atoms with van der Waals surface area (Å²) in [6, 6.07) is 0. The van der Waals surface area contributed by atoms with Gasteiger partial charge in [-0.15, -0.1) is 0 Å². The fourth-order valence-corrected chi connectivity index (χ4v) is 0.708. The number of esters is 1. The Hall–Kier alpha value is -1.40. The molecule has 0 fully saturated rings. The molecule has 18 heavy (non-hydrogen) atoms. The molecule has 0 amide bonds. The number of hydrogen-bond acceptors (Lipinski definition) is 5. The predicted molar refractivity (Wildman–Crippen MR) is 67.3 cm³/mol. The lowest BCUT2D eigenvalue weighted by Gasteiger charge is -2.23. The lowest BCUT2D eigenvalue weighted by Crippen LogP contribution is -2.45. The topological polar surface area (TPSA) is 92.5 Å². The second-order valence-electron chi connectivity index (χ2n) is 5.43. The van der Waals surface area contributed by atoms with Crippen molar-refractivity contribution < 1.29 is 23.9 Å². The van der Waals surface area contributed by atoms with Crippen molar-refractivity contribution in [2.45, 2.75) is 19.4 Å². The number of ether oxygens (including phenoxy) is 1. The van der Waals surface area contributed by atoms with Crippen LogP contribution in [0.4, 0.5) is 0 Å². The summed E-state index contributed by atoms with van der Waals surface area (Å²) in [6.07, 6.45) is 1.50. The highest BCUT2D eigenvalue weighted by atomic mass is 16.5. The largest absolute Gasteiger partial charge is 0.544 e. The lowest BCUT2D eigenvalue weighted by molar-refractivity contribution is -0.864. The minimum atomic E-state index is -1.00. The molecule has 106 valence electrons. The number of hydrogen-bond donors (Lipinski definition) is 1. The predicted octanol–water partition coefficient (Wildman–Crippen LogP) is -1.10. The summed E-state index contributed by atoms with van der Waals surface area (Å²) in [7, 11) is 5.40. The molecule has 0 aliphatic carbocycles. The molecule has 2 N–H and O–H groups in total. The third-order valence-corrected chi connectivity index (χ3v) is 1.46. The van der Waals surface area contributed by atoms with Gasteiger partial charge >= 0.3 is 5.97 Å². The zero-order valence-corrected chi connectivity index (χ0v) is 11.9. The molecule has 0 aromatic heterocycles. The summed E-state index contributed by atoms with van der Waals surface area (Å²) in [4.78, 5) is 20.7. The SMILES string of the molecule is C=CCOC(=O)C(C)(C)N.C[N+](C)(C)CC(=O)[O-]. The Morgan fingerprint density at radius 2 is 1.83 bits per heavy atom. The number of nitrogens with two attached hydrogens (primary N) is 1. The van der Waals surface area contributed by atoms with Crippen molar-refractivity contribution in [1.29, 1.82) is 0 Å². The molecule has 0 bridgehead atoms. The van der Waals surface area contributed by atoms with Crippen molar-refractivity contribution in [2.75, 3.05) is 34.3 Å². The minimum absolute atomic E-state index is 0.0694. The Morgan fingerprint density at radius 1 is 1.39 bits per heavy atom. The van der Waals surface area contributed by atoms with Gasteiger partial charge in [-0.1, -0.05) is 12.7 Å². The van der Waals surface area contributed by atoms with Gasteiger partial charge in [0.05, 0.1) is 27.1 Å². The highest BCUT2D eigenvalue weighted by Crippen LogP contribution is 1.99. The van der Waals surface area contributed by atoms with Gasteiger partial charge in [-0.05, 0) is 13.8 Å². The van der Waals surface area contributed by atoms with E-state index in [1.54, 1.807) is 35.0 Å². The Bertz CT molecular complexity index is 287. The van der Waals surface area contributed by atoms with Crippen LogP contribution in [0.15, 0.2) is 12.7 Å². The zero-order valence-electron chi connectivity index (χ0n) is 11.9. The standard InChI is InChI=1S/C7H13NO2.C5H11NO2/c1-4-5-10-6(9)7(2,3)8;1-6(2,3)4-5(7)8/h4H,1,5,8H2,2-3H3;4H2,1-3H3. The molecule has 0 spiro atoms. The lowest BCUT2D eigenvalue weighted by atomic mass is 10.1. The first kappa shape index (κ1) is 19.0. The van der Waals surface area contributed by atoms with Crippen LogP contribution in [0.3, 0.4) is 0 Å². The first-order valence-electron chi connectivity index (χ1n) is 5.47. The van der Waals surface area contributed by atoms with Crippen LogP contribution in [-0.4, -0.2) is 56.3 Å². The number of likely N-dealkylation sites (N-methyl/N-ethyl adjacent to an activating group) is 1. The molecule has 0 rings (SSSR count). The Balaban J connectivity index is 0. The van der Waals surface area contributed by atoms with Crippen LogP contribution >= 0.6 is 0 Å². The van der Waals surface area contributed by atoms with E-state index in [9.17, 15) is 14.7 Å². The Kier molecular flexibility index (Phi) is 8.25. The zero-order chi connectivity index (χ0) is 15.0. The van der Waals surface area contributed by atoms with E-state index in [1.165, 1.54) is 6.08 Å². The molecule has 0 aliphatic heterocycles. The monoisotopic (exact) mass is 260 g/mol. The molecule has 0 saturated carbocycles. The third kappa shape index (κ3) is 14.6. The van der Waals surface area contributed by atoms with Gasteiger partial charge < -0.3 is 24.9 Å². The van der Waals surface area contributed by atoms with Crippen LogP contribution in [0.25, 0.3) is 0 Å². The quantitative estimate of drug-likeness (QED) is 0.384. The van der Waals surface area contributed by atoms with E-state index in [0.29, 0.717) is 4.48 Å². The van der Waals surface area contributed by atoms with Crippen molar-refractivity contribution >= 4 is 11.9 Å². The molecular weight excluding hydrogens is 236 g/mol. The third-order valence-electron chi connectivity index (χ3n) is 1.46. The number of quaternary nitrogens is 1. The van der Waals surface area contributed by atoms with Crippen LogP contribution in [0, 0.1) is 0 Å². The van der Waals surface area contributed by atoms with Gasteiger partial charge in [-0.2, -0.15) is 0 Å². The fourth-order valence-electron chi connectivity index (χ4n) is 0.708. The smallest absolute Gasteiger partial charge is 0.325 e. The molecular formula is C12H24N2O4. The number of rotatable bonds is 5. The Labute approximate surface area is 109 Å². The van der Waals surface area contributed by atoms with E-state index in [0.717, 1.165) is 0 Å². The number of carbonyl (C=O) groups is 2. The van der Waals surface area contributed by atoms with Crippen LogP contribution < -0.4 is 10.8 Å². The van der Waals surface area contributed by atoms with Crippen molar-refractivity contribution in [3.05, 3.63) is 12.7 Å². The van der Waals surface area contributed by atoms with E-state index in [2.05, 4.69) is 11.3 Å². The molecule has 0 aromatic rings. The summed E-state index contributed by atoms with van der Waals surface area (Å²) in [5.74, 6) is -1.41. The number of aliphatic carboxylic acids is 1. The van der Waals surface area contributed by atoms with Crippen LogP contribution in [0.5, 0.6) is 0 Å². The van der Waals surface area contributed by atoms with Gasteiger partial charge in [0.2, 0.25) is 0 Å². The first-order chi connectivity index (χ1) is 7.90. The molecule has 0 unspecified atom stereocenters. The average molecular weight is 260 g/mol. The van der Waals surface area contributed by atoms with Crippen molar-refractivity contribution in [3.8, 4) is 0 Å². The van der Waals surface area contributed by atoms with E-state index >= 15 is 0 Å². The van der Waals surface area contributed by atoms with E-state index in [1.807, 2.05) is 0 Å². The highest BCUT2D eigenvalue weighted by molar-refractivity contribution is 5.79. The molecule has 0 aliphatic rings. The first-order valence-corrected chi connectivity index (χ1v) is 5.47. The Morgan fingerprint density at radius 3 is 2.00 bits per heavy atom. The number of carboxylic acid groups (broad SMARTS) is 1. The van der Waals surface area contributed by atoms with Gasteiger partial charge in [0.25, 0.3) is 0 Å². The molecule has 6 heteroatoms. The van der Waals surface area contributed by atoms with Crippen LogP contribution in [-0.2, 0) is 14.3 Å². The van der Waals surface area contributed by atoms with Gasteiger partial charge in [0.1, 0.15) is 18.7 Å². The fraction of sp³-hybridized carbons (Fsp3) is 0.667. The van der Waals surface area contributed by atoms with Crippen LogP contribution in [0.1, 0.15) is 13.8 Å². The van der Waals surface area contributed by atoms with Gasteiger partial charge in [0.15, 0.2) is 0 Å². The van der Waals surface area contributed by atoms with Crippen molar-refractivity contribution in [3.63, 3.8) is 0 Å². The normalized spacial score (nSPS) is 11.0. The molecule has 0 atom stereocenters. The summed E-state index contributed by atoms with van der Waals surface area (Å²) >= 11 is 0. The maximum atomic E-state index is 10.8. The second-order valence-corrected chi connectivity index (χ2v) is 5.43. The summed E-state index contributed by atoms with van der Waals surface area (Å²) < 4.78 is 5.09.